The van der Waals surface area contributed by atoms with E-state index in [0.29, 0.717) is 11.3 Å². The van der Waals surface area contributed by atoms with Crippen LogP contribution in [0.4, 0.5) is 0 Å². The molecule has 0 radical (unpaired) electrons. The summed E-state index contributed by atoms with van der Waals surface area (Å²) < 4.78 is 5.59. The molecule has 2 aromatic rings. The summed E-state index contributed by atoms with van der Waals surface area (Å²) in [5.41, 5.74) is 1.52. The maximum atomic E-state index is 12.2. The largest absolute Gasteiger partial charge is 0.491 e. The predicted octanol–water partition coefficient (Wildman–Crippen LogP) is 2.69. The van der Waals surface area contributed by atoms with Crippen LogP contribution in [0.5, 0.6) is 5.75 Å². The van der Waals surface area contributed by atoms with Crippen LogP contribution in [0.3, 0.4) is 0 Å². The van der Waals surface area contributed by atoms with Crippen LogP contribution in [0.25, 0.3) is 0 Å². The van der Waals surface area contributed by atoms with E-state index in [4.69, 9.17) is 4.74 Å². The van der Waals surface area contributed by atoms with E-state index in [0.717, 1.165) is 5.56 Å². The van der Waals surface area contributed by atoms with E-state index in [1.165, 1.54) is 0 Å². The summed E-state index contributed by atoms with van der Waals surface area (Å²) in [5, 5.41) is 9.53. The Balaban J connectivity index is 2.05. The number of rotatable bonds is 5. The molecule has 5 nitrogen and oxygen atoms in total. The van der Waals surface area contributed by atoms with Crippen molar-refractivity contribution in [3.05, 3.63) is 47.8 Å². The van der Waals surface area contributed by atoms with Gasteiger partial charge >= 0.3 is 0 Å². The highest BCUT2D eigenvalue weighted by molar-refractivity contribution is 5.94. The third-order valence-corrected chi connectivity index (χ3v) is 2.83. The monoisotopic (exact) mass is 273 g/mol. The molecule has 5 heteroatoms. The number of H-pyrrole nitrogens is 1. The van der Waals surface area contributed by atoms with Crippen LogP contribution in [0.15, 0.2) is 36.7 Å². The zero-order valence-electron chi connectivity index (χ0n) is 11.9. The Morgan fingerprint density at radius 2 is 2.15 bits per heavy atom. The number of aromatic nitrogens is 2. The van der Waals surface area contributed by atoms with Crippen molar-refractivity contribution in [1.29, 1.82) is 0 Å². The van der Waals surface area contributed by atoms with Gasteiger partial charge in [-0.1, -0.05) is 6.07 Å². The van der Waals surface area contributed by atoms with Crippen molar-refractivity contribution >= 4 is 5.91 Å². The minimum Gasteiger partial charge on any atom is -0.491 e. The first-order valence-electron chi connectivity index (χ1n) is 6.62. The van der Waals surface area contributed by atoms with Gasteiger partial charge in [0.05, 0.1) is 18.3 Å². The molecule has 0 aliphatic carbocycles. The first-order valence-corrected chi connectivity index (χ1v) is 6.62. The highest BCUT2D eigenvalue weighted by Crippen LogP contribution is 2.16. The molecule has 1 amide bonds. The smallest absolute Gasteiger partial charge is 0.251 e. The second-order valence-electron chi connectivity index (χ2n) is 4.92. The fourth-order valence-electron chi connectivity index (χ4n) is 1.84. The molecule has 0 saturated heterocycles. The third-order valence-electron chi connectivity index (χ3n) is 2.83. The molecule has 1 aromatic heterocycles. The van der Waals surface area contributed by atoms with Gasteiger partial charge in [-0.25, -0.2) is 0 Å². The molecule has 2 N–H and O–H groups in total. The number of benzene rings is 1. The van der Waals surface area contributed by atoms with Crippen LogP contribution in [-0.4, -0.2) is 22.2 Å². The predicted molar refractivity (Wildman–Crippen MR) is 76.7 cm³/mol. The molecule has 0 aliphatic heterocycles. The number of nitrogens with one attached hydrogen (secondary N) is 2. The highest BCUT2D eigenvalue weighted by Gasteiger charge is 2.12. The Morgan fingerprint density at radius 1 is 1.35 bits per heavy atom. The zero-order chi connectivity index (χ0) is 14.5. The van der Waals surface area contributed by atoms with Crippen LogP contribution in [-0.2, 0) is 0 Å². The lowest BCUT2D eigenvalue weighted by atomic mass is 10.1. The second kappa shape index (κ2) is 6.23. The van der Waals surface area contributed by atoms with Crippen molar-refractivity contribution in [3.63, 3.8) is 0 Å². The van der Waals surface area contributed by atoms with Crippen molar-refractivity contribution < 1.29 is 9.53 Å². The van der Waals surface area contributed by atoms with Gasteiger partial charge in [-0.15, -0.1) is 0 Å². The van der Waals surface area contributed by atoms with Crippen molar-refractivity contribution in [2.45, 2.75) is 32.9 Å². The number of carbonyl (C=O) groups is 1. The lowest BCUT2D eigenvalue weighted by molar-refractivity contribution is 0.0939. The maximum absolute atomic E-state index is 12.2. The molecule has 1 heterocycles. The Bertz CT molecular complexity index is 564. The molecule has 0 fully saturated rings. The number of carbonyl (C=O) groups excluding carboxylic acids is 1. The Kier molecular flexibility index (Phi) is 4.40. The normalized spacial score (nSPS) is 12.2. The molecule has 20 heavy (non-hydrogen) atoms. The van der Waals surface area contributed by atoms with Crippen molar-refractivity contribution in [2.75, 3.05) is 0 Å². The average Bonchev–Trinajstić information content (AvgIpc) is 2.92. The molecule has 0 spiro atoms. The lowest BCUT2D eigenvalue weighted by Gasteiger charge is -2.14. The SMILES string of the molecule is CC(C)Oc1cccc(C(=O)NC(C)c2cn[nH]c2)c1. The van der Waals surface area contributed by atoms with E-state index in [2.05, 4.69) is 15.5 Å². The van der Waals surface area contributed by atoms with Crippen LogP contribution in [0, 0.1) is 0 Å². The molecular formula is C15H19N3O2. The number of aromatic amines is 1. The molecule has 0 aliphatic rings. The van der Waals surface area contributed by atoms with Crippen LogP contribution >= 0.6 is 0 Å². The summed E-state index contributed by atoms with van der Waals surface area (Å²) >= 11 is 0. The summed E-state index contributed by atoms with van der Waals surface area (Å²) in [4.78, 5) is 12.2. The number of amides is 1. The van der Waals surface area contributed by atoms with Gasteiger partial charge < -0.3 is 10.1 Å². The lowest BCUT2D eigenvalue weighted by Crippen LogP contribution is -2.26. The van der Waals surface area contributed by atoms with Gasteiger partial charge in [0.15, 0.2) is 0 Å². The van der Waals surface area contributed by atoms with Gasteiger partial charge in [0.1, 0.15) is 5.75 Å². The average molecular weight is 273 g/mol. The van der Waals surface area contributed by atoms with Crippen LogP contribution < -0.4 is 10.1 Å². The summed E-state index contributed by atoms with van der Waals surface area (Å²) in [6.07, 6.45) is 3.55. The van der Waals surface area contributed by atoms with Gasteiger partial charge in [-0.2, -0.15) is 5.10 Å². The number of ether oxygens (including phenoxy) is 1. The molecule has 1 aromatic carbocycles. The number of nitrogens with zero attached hydrogens (tertiary/aromatic N) is 1. The highest BCUT2D eigenvalue weighted by atomic mass is 16.5. The molecule has 1 atom stereocenters. The molecule has 0 bridgehead atoms. The van der Waals surface area contributed by atoms with Gasteiger partial charge in [0.2, 0.25) is 0 Å². The quantitative estimate of drug-likeness (QED) is 0.880. The Morgan fingerprint density at radius 3 is 2.80 bits per heavy atom. The number of hydrogen-bond donors (Lipinski definition) is 2. The molecule has 106 valence electrons. The third kappa shape index (κ3) is 3.60. The summed E-state index contributed by atoms with van der Waals surface area (Å²) in [6.45, 7) is 5.82. The number of hydrogen-bond acceptors (Lipinski definition) is 3. The molecular weight excluding hydrogens is 254 g/mol. The zero-order valence-corrected chi connectivity index (χ0v) is 11.9. The Labute approximate surface area is 118 Å². The first kappa shape index (κ1) is 14.1. The summed E-state index contributed by atoms with van der Waals surface area (Å²) in [5.74, 6) is 0.566. The standard InChI is InChI=1S/C15H19N3O2/c1-10(2)20-14-6-4-5-12(7-14)15(19)18-11(3)13-8-16-17-9-13/h4-11H,1-3H3,(H,16,17)(H,18,19). The molecule has 1 unspecified atom stereocenters. The van der Waals surface area contributed by atoms with Crippen LogP contribution in [0.1, 0.15) is 42.7 Å². The van der Waals surface area contributed by atoms with E-state index < -0.39 is 0 Å². The first-order chi connectivity index (χ1) is 9.56. The Hall–Kier alpha value is -2.30. The van der Waals surface area contributed by atoms with E-state index in [9.17, 15) is 4.79 Å². The molecule has 2 rings (SSSR count). The van der Waals surface area contributed by atoms with E-state index in [1.807, 2.05) is 32.9 Å². The minimum absolute atomic E-state index is 0.0816. The summed E-state index contributed by atoms with van der Waals surface area (Å²) in [7, 11) is 0. The van der Waals surface area contributed by atoms with E-state index >= 15 is 0 Å². The second-order valence-corrected chi connectivity index (χ2v) is 4.92. The summed E-state index contributed by atoms with van der Waals surface area (Å²) in [6, 6.07) is 7.07. The van der Waals surface area contributed by atoms with Crippen molar-refractivity contribution in [3.8, 4) is 5.75 Å². The van der Waals surface area contributed by atoms with Gasteiger partial charge in [-0.3, -0.25) is 9.89 Å². The van der Waals surface area contributed by atoms with Crippen molar-refractivity contribution in [1.82, 2.24) is 15.5 Å². The van der Waals surface area contributed by atoms with Crippen molar-refractivity contribution in [2.24, 2.45) is 0 Å². The van der Waals surface area contributed by atoms with E-state index in [-0.39, 0.29) is 18.1 Å². The minimum atomic E-state index is -0.132. The fourth-order valence-corrected chi connectivity index (χ4v) is 1.84. The van der Waals surface area contributed by atoms with Gasteiger partial charge in [0, 0.05) is 17.3 Å². The van der Waals surface area contributed by atoms with Gasteiger partial charge in [0.25, 0.3) is 5.91 Å². The van der Waals surface area contributed by atoms with Gasteiger partial charge in [-0.05, 0) is 39.0 Å². The maximum Gasteiger partial charge on any atom is 0.251 e. The molecule has 0 saturated carbocycles. The van der Waals surface area contributed by atoms with Crippen LogP contribution in [0.2, 0.25) is 0 Å². The van der Waals surface area contributed by atoms with E-state index in [1.54, 1.807) is 24.5 Å². The fraction of sp³-hybridized carbons (Fsp3) is 0.333. The topological polar surface area (TPSA) is 67.0 Å².